The number of rotatable bonds is 4. The average molecular weight is 236 g/mol. The van der Waals surface area contributed by atoms with Gasteiger partial charge in [-0.2, -0.15) is 5.10 Å². The van der Waals surface area contributed by atoms with E-state index in [2.05, 4.69) is 10.4 Å². The summed E-state index contributed by atoms with van der Waals surface area (Å²) < 4.78 is 1.80. The molecule has 0 bridgehead atoms. The van der Waals surface area contributed by atoms with Crippen LogP contribution in [0.25, 0.3) is 0 Å². The van der Waals surface area contributed by atoms with Crippen molar-refractivity contribution in [3.05, 3.63) is 17.5 Å². The Morgan fingerprint density at radius 3 is 2.76 bits per heavy atom. The van der Waals surface area contributed by atoms with Crippen LogP contribution >= 0.6 is 0 Å². The van der Waals surface area contributed by atoms with E-state index < -0.39 is 0 Å². The Balaban J connectivity index is 1.75. The standard InChI is InChI=1S/C12H20N4O/c1-10-11(9-15(2)14-10)7-13-8-12(17)16-5-3-4-6-16/h9,13H,3-8H2,1-2H3. The van der Waals surface area contributed by atoms with Gasteiger partial charge in [-0.3, -0.25) is 9.48 Å². The predicted molar refractivity (Wildman–Crippen MR) is 65.5 cm³/mol. The number of nitrogens with zero attached hydrogens (tertiary/aromatic N) is 3. The van der Waals surface area contributed by atoms with Gasteiger partial charge in [-0.15, -0.1) is 0 Å². The minimum atomic E-state index is 0.212. The Morgan fingerprint density at radius 2 is 2.18 bits per heavy atom. The lowest BCUT2D eigenvalue weighted by molar-refractivity contribution is -0.129. The molecule has 1 fully saturated rings. The molecule has 5 nitrogen and oxygen atoms in total. The Hall–Kier alpha value is -1.36. The third-order valence-electron chi connectivity index (χ3n) is 3.17. The van der Waals surface area contributed by atoms with Gasteiger partial charge in [0.25, 0.3) is 0 Å². The molecule has 0 saturated carbocycles. The van der Waals surface area contributed by atoms with Crippen LogP contribution in [0.2, 0.25) is 0 Å². The minimum Gasteiger partial charge on any atom is -0.342 e. The van der Waals surface area contributed by atoms with Crippen LogP contribution in [0, 0.1) is 6.92 Å². The molecule has 0 spiro atoms. The first-order valence-electron chi connectivity index (χ1n) is 6.14. The molecule has 1 N–H and O–H groups in total. The second-order valence-electron chi connectivity index (χ2n) is 4.60. The van der Waals surface area contributed by atoms with E-state index in [4.69, 9.17) is 0 Å². The topological polar surface area (TPSA) is 50.2 Å². The number of amides is 1. The average Bonchev–Trinajstić information content (AvgIpc) is 2.89. The van der Waals surface area contributed by atoms with E-state index >= 15 is 0 Å². The van der Waals surface area contributed by atoms with Gasteiger partial charge in [-0.05, 0) is 19.8 Å². The van der Waals surface area contributed by atoms with Crippen molar-refractivity contribution >= 4 is 5.91 Å². The summed E-state index contributed by atoms with van der Waals surface area (Å²) in [5.74, 6) is 0.212. The number of hydrogen-bond donors (Lipinski definition) is 1. The van der Waals surface area contributed by atoms with Crippen molar-refractivity contribution in [2.24, 2.45) is 7.05 Å². The Kier molecular flexibility index (Phi) is 3.78. The summed E-state index contributed by atoms with van der Waals surface area (Å²) in [6, 6.07) is 0. The highest BCUT2D eigenvalue weighted by Crippen LogP contribution is 2.07. The molecule has 0 atom stereocenters. The number of aromatic nitrogens is 2. The van der Waals surface area contributed by atoms with E-state index in [0.717, 1.165) is 37.2 Å². The van der Waals surface area contributed by atoms with E-state index in [1.54, 1.807) is 4.68 Å². The van der Waals surface area contributed by atoms with Crippen LogP contribution < -0.4 is 5.32 Å². The predicted octanol–water partition coefficient (Wildman–Crippen LogP) is 0.441. The van der Waals surface area contributed by atoms with Gasteiger partial charge in [-0.1, -0.05) is 0 Å². The minimum absolute atomic E-state index is 0.212. The van der Waals surface area contributed by atoms with E-state index in [9.17, 15) is 4.79 Å². The molecule has 5 heteroatoms. The zero-order chi connectivity index (χ0) is 12.3. The van der Waals surface area contributed by atoms with Crippen LogP contribution in [-0.2, 0) is 18.4 Å². The van der Waals surface area contributed by atoms with Gasteiger partial charge in [0.05, 0.1) is 12.2 Å². The van der Waals surface area contributed by atoms with Crippen LogP contribution in [-0.4, -0.2) is 40.2 Å². The lowest BCUT2D eigenvalue weighted by Crippen LogP contribution is -2.36. The Bertz CT molecular complexity index is 393. The van der Waals surface area contributed by atoms with E-state index in [1.165, 1.54) is 0 Å². The van der Waals surface area contributed by atoms with E-state index in [1.807, 2.05) is 25.1 Å². The van der Waals surface area contributed by atoms with Crippen LogP contribution in [0.1, 0.15) is 24.1 Å². The first kappa shape index (κ1) is 12.1. The van der Waals surface area contributed by atoms with Crippen LogP contribution in [0.4, 0.5) is 0 Å². The molecule has 0 aromatic carbocycles. The number of carbonyl (C=O) groups is 1. The monoisotopic (exact) mass is 236 g/mol. The third-order valence-corrected chi connectivity index (χ3v) is 3.17. The summed E-state index contributed by atoms with van der Waals surface area (Å²) in [5, 5.41) is 7.46. The molecule has 1 aromatic heterocycles. The second-order valence-corrected chi connectivity index (χ2v) is 4.60. The van der Waals surface area contributed by atoms with Crippen molar-refractivity contribution in [2.75, 3.05) is 19.6 Å². The van der Waals surface area contributed by atoms with Gasteiger partial charge in [0.15, 0.2) is 0 Å². The van der Waals surface area contributed by atoms with E-state index in [-0.39, 0.29) is 5.91 Å². The number of likely N-dealkylation sites (tertiary alicyclic amines) is 1. The molecule has 1 aliphatic rings. The smallest absolute Gasteiger partial charge is 0.236 e. The number of nitrogens with one attached hydrogen (secondary N) is 1. The summed E-state index contributed by atoms with van der Waals surface area (Å²) in [6.45, 7) is 4.96. The zero-order valence-electron chi connectivity index (χ0n) is 10.6. The molecule has 94 valence electrons. The number of carbonyl (C=O) groups excluding carboxylic acids is 1. The molecule has 0 radical (unpaired) electrons. The largest absolute Gasteiger partial charge is 0.342 e. The lowest BCUT2D eigenvalue weighted by Gasteiger charge is -2.15. The van der Waals surface area contributed by atoms with Gasteiger partial charge in [0.1, 0.15) is 0 Å². The number of aryl methyl sites for hydroxylation is 2. The van der Waals surface area contributed by atoms with Crippen LogP contribution in [0.15, 0.2) is 6.20 Å². The quantitative estimate of drug-likeness (QED) is 0.825. The Morgan fingerprint density at radius 1 is 1.47 bits per heavy atom. The van der Waals surface area contributed by atoms with Gasteiger partial charge < -0.3 is 10.2 Å². The van der Waals surface area contributed by atoms with Gasteiger partial charge in [0, 0.05) is 38.4 Å². The van der Waals surface area contributed by atoms with Crippen molar-refractivity contribution in [3.8, 4) is 0 Å². The van der Waals surface area contributed by atoms with Crippen molar-refractivity contribution < 1.29 is 4.79 Å². The summed E-state index contributed by atoms with van der Waals surface area (Å²) >= 11 is 0. The summed E-state index contributed by atoms with van der Waals surface area (Å²) in [5.41, 5.74) is 2.18. The van der Waals surface area contributed by atoms with E-state index in [0.29, 0.717) is 13.1 Å². The first-order chi connectivity index (χ1) is 8.16. The summed E-state index contributed by atoms with van der Waals surface area (Å²) in [6.07, 6.45) is 4.28. The lowest BCUT2D eigenvalue weighted by atomic mass is 10.2. The zero-order valence-corrected chi connectivity index (χ0v) is 10.6. The maximum absolute atomic E-state index is 11.8. The van der Waals surface area contributed by atoms with Crippen LogP contribution in [0.3, 0.4) is 0 Å². The highest BCUT2D eigenvalue weighted by molar-refractivity contribution is 5.78. The molecule has 0 unspecified atom stereocenters. The maximum atomic E-state index is 11.8. The molecule has 2 rings (SSSR count). The number of hydrogen-bond acceptors (Lipinski definition) is 3. The molecular weight excluding hydrogens is 216 g/mol. The fraction of sp³-hybridized carbons (Fsp3) is 0.667. The molecule has 17 heavy (non-hydrogen) atoms. The second kappa shape index (κ2) is 5.31. The van der Waals surface area contributed by atoms with Gasteiger partial charge in [0.2, 0.25) is 5.91 Å². The third kappa shape index (κ3) is 3.06. The molecule has 1 aromatic rings. The van der Waals surface area contributed by atoms with Crippen molar-refractivity contribution in [1.82, 2.24) is 20.0 Å². The fourth-order valence-electron chi connectivity index (χ4n) is 2.20. The first-order valence-corrected chi connectivity index (χ1v) is 6.14. The van der Waals surface area contributed by atoms with Crippen LogP contribution in [0.5, 0.6) is 0 Å². The maximum Gasteiger partial charge on any atom is 0.236 e. The summed E-state index contributed by atoms with van der Waals surface area (Å²) in [4.78, 5) is 13.7. The van der Waals surface area contributed by atoms with Gasteiger partial charge >= 0.3 is 0 Å². The molecule has 0 aliphatic carbocycles. The molecular formula is C12H20N4O. The summed E-state index contributed by atoms with van der Waals surface area (Å²) in [7, 11) is 1.91. The Labute approximate surface area is 102 Å². The highest BCUT2D eigenvalue weighted by atomic mass is 16.2. The van der Waals surface area contributed by atoms with Gasteiger partial charge in [-0.25, -0.2) is 0 Å². The van der Waals surface area contributed by atoms with Crippen molar-refractivity contribution in [2.45, 2.75) is 26.3 Å². The fourth-order valence-corrected chi connectivity index (χ4v) is 2.20. The van der Waals surface area contributed by atoms with Crippen molar-refractivity contribution in [3.63, 3.8) is 0 Å². The SMILES string of the molecule is Cc1nn(C)cc1CNCC(=O)N1CCCC1. The normalized spacial score (nSPS) is 15.5. The highest BCUT2D eigenvalue weighted by Gasteiger charge is 2.17. The molecule has 1 amide bonds. The molecule has 1 saturated heterocycles. The molecule has 2 heterocycles. The van der Waals surface area contributed by atoms with Crippen molar-refractivity contribution in [1.29, 1.82) is 0 Å². The molecule has 1 aliphatic heterocycles.